The first-order chi connectivity index (χ1) is 10.1. The monoisotopic (exact) mass is 365 g/mol. The summed E-state index contributed by atoms with van der Waals surface area (Å²) in [6, 6.07) is 5.42. The van der Waals surface area contributed by atoms with Crippen LogP contribution < -0.4 is 4.90 Å². The molecule has 2 aromatic heterocycles. The second-order valence-corrected chi connectivity index (χ2v) is 6.44. The molecule has 1 aliphatic rings. The lowest BCUT2D eigenvalue weighted by molar-refractivity contribution is -0.120. The summed E-state index contributed by atoms with van der Waals surface area (Å²) in [7, 11) is 0. The smallest absolute Gasteiger partial charge is 0.264 e. The summed E-state index contributed by atoms with van der Waals surface area (Å²) in [5.74, 6) is -0.178. The minimum atomic E-state index is -0.0927. The van der Waals surface area contributed by atoms with Gasteiger partial charge < -0.3 is 9.80 Å². The van der Waals surface area contributed by atoms with Gasteiger partial charge >= 0.3 is 0 Å². The molecule has 2 amide bonds. The Hall–Kier alpha value is -1.73. The standard InChI is InChI=1S/C14H12BrN3O2S/c15-10-6-12(21-9-10)14(20)17-4-5-18(13(19)8-17)11-2-1-3-16-7-11/h1-3,6-7,9H,4-5,8H2. The van der Waals surface area contributed by atoms with Crippen molar-refractivity contribution >= 4 is 44.8 Å². The zero-order valence-electron chi connectivity index (χ0n) is 11.0. The average Bonchev–Trinajstić information content (AvgIpc) is 2.94. The van der Waals surface area contributed by atoms with Gasteiger partial charge in [0.25, 0.3) is 5.91 Å². The third-order valence-electron chi connectivity index (χ3n) is 3.24. The van der Waals surface area contributed by atoms with Crippen LogP contribution >= 0.6 is 27.3 Å². The number of nitrogens with zero attached hydrogens (tertiary/aromatic N) is 3. The fourth-order valence-corrected chi connectivity index (χ4v) is 3.61. The largest absolute Gasteiger partial charge is 0.327 e. The van der Waals surface area contributed by atoms with Crippen molar-refractivity contribution in [2.24, 2.45) is 0 Å². The molecular weight excluding hydrogens is 354 g/mol. The number of carbonyl (C=O) groups excluding carboxylic acids is 2. The number of carbonyl (C=O) groups is 2. The van der Waals surface area contributed by atoms with E-state index in [0.717, 1.165) is 10.2 Å². The van der Waals surface area contributed by atoms with Crippen LogP contribution in [0.3, 0.4) is 0 Å². The summed E-state index contributed by atoms with van der Waals surface area (Å²) in [5.41, 5.74) is 0.772. The van der Waals surface area contributed by atoms with E-state index in [1.54, 1.807) is 34.3 Å². The van der Waals surface area contributed by atoms with Crippen molar-refractivity contribution in [1.29, 1.82) is 0 Å². The van der Waals surface area contributed by atoms with Gasteiger partial charge in [-0.1, -0.05) is 0 Å². The van der Waals surface area contributed by atoms with E-state index in [2.05, 4.69) is 20.9 Å². The summed E-state index contributed by atoms with van der Waals surface area (Å²) in [6.07, 6.45) is 3.33. The summed E-state index contributed by atoms with van der Waals surface area (Å²) >= 11 is 4.71. The molecule has 1 saturated heterocycles. The first kappa shape index (κ1) is 14.2. The van der Waals surface area contributed by atoms with Gasteiger partial charge in [-0.25, -0.2) is 0 Å². The third kappa shape index (κ3) is 2.98. The third-order valence-corrected chi connectivity index (χ3v) is 4.92. The van der Waals surface area contributed by atoms with Gasteiger partial charge in [-0.3, -0.25) is 14.6 Å². The summed E-state index contributed by atoms with van der Waals surface area (Å²) in [5, 5.41) is 1.86. The van der Waals surface area contributed by atoms with Crippen molar-refractivity contribution in [2.45, 2.75) is 0 Å². The molecule has 0 saturated carbocycles. The molecule has 1 fully saturated rings. The fourth-order valence-electron chi connectivity index (χ4n) is 2.21. The summed E-state index contributed by atoms with van der Waals surface area (Å²) in [4.78, 5) is 32.5. The Bertz CT molecular complexity index is 674. The number of halogens is 1. The molecule has 21 heavy (non-hydrogen) atoms. The Labute approximate surface area is 134 Å². The number of anilines is 1. The number of piperazine rings is 1. The second-order valence-electron chi connectivity index (χ2n) is 4.61. The van der Waals surface area contributed by atoms with E-state index in [9.17, 15) is 9.59 Å². The molecule has 0 bridgehead atoms. The Balaban J connectivity index is 1.71. The van der Waals surface area contributed by atoms with Crippen LogP contribution in [-0.2, 0) is 4.79 Å². The zero-order valence-corrected chi connectivity index (χ0v) is 13.4. The lowest BCUT2D eigenvalue weighted by Gasteiger charge is -2.33. The number of thiophene rings is 1. The molecule has 1 aliphatic heterocycles. The van der Waals surface area contributed by atoms with Crippen molar-refractivity contribution < 1.29 is 9.59 Å². The first-order valence-corrected chi connectivity index (χ1v) is 8.06. The fraction of sp³-hybridized carbons (Fsp3) is 0.214. The van der Waals surface area contributed by atoms with Gasteiger partial charge in [0.1, 0.15) is 6.54 Å². The normalized spacial score (nSPS) is 15.4. The molecule has 0 aromatic carbocycles. The highest BCUT2D eigenvalue weighted by atomic mass is 79.9. The van der Waals surface area contributed by atoms with E-state index in [1.807, 2.05) is 11.4 Å². The highest BCUT2D eigenvalue weighted by Crippen LogP contribution is 2.22. The van der Waals surface area contributed by atoms with Crippen LogP contribution in [0.5, 0.6) is 0 Å². The summed E-state index contributed by atoms with van der Waals surface area (Å²) in [6.45, 7) is 1.11. The topological polar surface area (TPSA) is 53.5 Å². The van der Waals surface area contributed by atoms with E-state index in [4.69, 9.17) is 0 Å². The molecule has 0 spiro atoms. The SMILES string of the molecule is O=C(c1cc(Br)cs1)N1CCN(c2cccnc2)C(=O)C1. The van der Waals surface area contributed by atoms with Gasteiger partial charge in [-0.15, -0.1) is 11.3 Å². The van der Waals surface area contributed by atoms with Gasteiger partial charge in [0.05, 0.1) is 16.8 Å². The summed E-state index contributed by atoms with van der Waals surface area (Å²) < 4.78 is 0.885. The maximum Gasteiger partial charge on any atom is 0.264 e. The Kier molecular flexibility index (Phi) is 4.03. The molecular formula is C14H12BrN3O2S. The van der Waals surface area contributed by atoms with E-state index in [-0.39, 0.29) is 18.4 Å². The van der Waals surface area contributed by atoms with Crippen molar-refractivity contribution in [2.75, 3.05) is 24.5 Å². The number of pyridine rings is 1. The van der Waals surface area contributed by atoms with E-state index in [1.165, 1.54) is 11.3 Å². The molecule has 3 heterocycles. The van der Waals surface area contributed by atoms with Crippen molar-refractivity contribution in [1.82, 2.24) is 9.88 Å². The van der Waals surface area contributed by atoms with Crippen LogP contribution in [-0.4, -0.2) is 41.3 Å². The van der Waals surface area contributed by atoms with Crippen molar-refractivity contribution in [3.05, 3.63) is 45.3 Å². The first-order valence-electron chi connectivity index (χ1n) is 6.39. The predicted molar refractivity (Wildman–Crippen MR) is 84.5 cm³/mol. The number of amides is 2. The number of aromatic nitrogens is 1. The highest BCUT2D eigenvalue weighted by molar-refractivity contribution is 9.10. The molecule has 0 N–H and O–H groups in total. The van der Waals surface area contributed by atoms with E-state index >= 15 is 0 Å². The maximum atomic E-state index is 12.3. The highest BCUT2D eigenvalue weighted by Gasteiger charge is 2.29. The number of rotatable bonds is 2. The average molecular weight is 366 g/mol. The van der Waals surface area contributed by atoms with Crippen LogP contribution in [0.25, 0.3) is 0 Å². The predicted octanol–water partition coefficient (Wildman–Crippen LogP) is 2.39. The Morgan fingerprint density at radius 1 is 1.38 bits per heavy atom. The molecule has 0 atom stereocenters. The van der Waals surface area contributed by atoms with Gasteiger partial charge in [0.15, 0.2) is 0 Å². The van der Waals surface area contributed by atoms with E-state index in [0.29, 0.717) is 18.0 Å². The molecule has 0 unspecified atom stereocenters. The van der Waals surface area contributed by atoms with E-state index < -0.39 is 0 Å². The van der Waals surface area contributed by atoms with Crippen molar-refractivity contribution in [3.63, 3.8) is 0 Å². The van der Waals surface area contributed by atoms with Crippen LogP contribution in [0.4, 0.5) is 5.69 Å². The lowest BCUT2D eigenvalue weighted by Crippen LogP contribution is -2.52. The van der Waals surface area contributed by atoms with Gasteiger partial charge in [0, 0.05) is 29.1 Å². The molecule has 0 aliphatic carbocycles. The second kappa shape index (κ2) is 5.95. The minimum Gasteiger partial charge on any atom is -0.327 e. The zero-order chi connectivity index (χ0) is 14.8. The van der Waals surface area contributed by atoms with Gasteiger partial charge in [-0.2, -0.15) is 0 Å². The number of hydrogen-bond donors (Lipinski definition) is 0. The molecule has 7 heteroatoms. The minimum absolute atomic E-state index is 0.0850. The number of hydrogen-bond acceptors (Lipinski definition) is 4. The Morgan fingerprint density at radius 2 is 2.24 bits per heavy atom. The van der Waals surface area contributed by atoms with Gasteiger partial charge in [-0.05, 0) is 34.1 Å². The Morgan fingerprint density at radius 3 is 2.86 bits per heavy atom. The molecule has 3 rings (SSSR count). The van der Waals surface area contributed by atoms with Crippen molar-refractivity contribution in [3.8, 4) is 0 Å². The molecule has 2 aromatic rings. The van der Waals surface area contributed by atoms with Crippen LogP contribution in [0, 0.1) is 0 Å². The lowest BCUT2D eigenvalue weighted by atomic mass is 10.2. The maximum absolute atomic E-state index is 12.3. The molecule has 0 radical (unpaired) electrons. The van der Waals surface area contributed by atoms with Crippen LogP contribution in [0.15, 0.2) is 40.4 Å². The molecule has 108 valence electrons. The van der Waals surface area contributed by atoms with Crippen LogP contribution in [0.1, 0.15) is 9.67 Å². The quantitative estimate of drug-likeness (QED) is 0.820. The van der Waals surface area contributed by atoms with Gasteiger partial charge in [0.2, 0.25) is 5.91 Å². The van der Waals surface area contributed by atoms with Crippen LogP contribution in [0.2, 0.25) is 0 Å². The molecule has 5 nitrogen and oxygen atoms in total.